The Labute approximate surface area is 464 Å². The van der Waals surface area contributed by atoms with Crippen LogP contribution < -0.4 is 26.2 Å². The minimum absolute atomic E-state index is 0.0432. The smallest absolute Gasteiger partial charge is 0.252 e. The molecule has 2 nitrogen and oxygen atoms in total. The molecule has 0 saturated heterocycles. The molecule has 10 aromatic carbocycles. The van der Waals surface area contributed by atoms with Gasteiger partial charge in [0.15, 0.2) is 0 Å². The molecule has 3 heteroatoms. The molecule has 0 radical (unpaired) electrons. The molecular formula is C75H69BN2. The fourth-order valence-electron chi connectivity index (χ4n) is 13.0. The molecular weight excluding hydrogens is 940 g/mol. The van der Waals surface area contributed by atoms with Crippen LogP contribution in [0.5, 0.6) is 0 Å². The van der Waals surface area contributed by atoms with Crippen LogP contribution in [0, 0.1) is 0 Å². The number of anilines is 6. The lowest BCUT2D eigenvalue weighted by Crippen LogP contribution is -2.61. The molecule has 0 unspecified atom stereocenters. The summed E-state index contributed by atoms with van der Waals surface area (Å²) in [6, 6.07) is 83.3. The molecule has 0 aromatic heterocycles. The molecule has 0 spiro atoms. The Morgan fingerprint density at radius 2 is 0.782 bits per heavy atom. The van der Waals surface area contributed by atoms with E-state index in [1.54, 1.807) is 0 Å². The van der Waals surface area contributed by atoms with Gasteiger partial charge in [-0.05, 0) is 153 Å². The summed E-state index contributed by atoms with van der Waals surface area (Å²) in [7, 11) is 0. The predicted octanol–water partition coefficient (Wildman–Crippen LogP) is 18.6. The van der Waals surface area contributed by atoms with E-state index in [9.17, 15) is 0 Å². The fraction of sp³-hybridized carbons (Fsp3) is 0.200. The molecule has 13 rings (SSSR count). The second-order valence-corrected chi connectivity index (χ2v) is 25.8. The third-order valence-corrected chi connectivity index (χ3v) is 17.3. The van der Waals surface area contributed by atoms with E-state index in [0.29, 0.717) is 0 Å². The van der Waals surface area contributed by atoms with Crippen molar-refractivity contribution in [3.63, 3.8) is 0 Å². The van der Waals surface area contributed by atoms with Crippen LogP contribution in [0.4, 0.5) is 34.1 Å². The van der Waals surface area contributed by atoms with Crippen molar-refractivity contribution in [2.75, 3.05) is 9.80 Å². The lowest BCUT2D eigenvalue weighted by atomic mass is 9.33. The Balaban J connectivity index is 1.12. The lowest BCUT2D eigenvalue weighted by molar-refractivity contribution is 0.569. The Morgan fingerprint density at radius 1 is 0.321 bits per heavy atom. The van der Waals surface area contributed by atoms with Crippen LogP contribution in [0.2, 0.25) is 0 Å². The summed E-state index contributed by atoms with van der Waals surface area (Å²) >= 11 is 0. The number of fused-ring (bicyclic) bond motifs is 7. The average molecular weight is 1010 g/mol. The Kier molecular flexibility index (Phi) is 11.4. The molecule has 3 aliphatic rings. The van der Waals surface area contributed by atoms with Crippen molar-refractivity contribution in [3.05, 3.63) is 246 Å². The maximum atomic E-state index is 2.64. The molecule has 10 aromatic rings. The first-order valence-electron chi connectivity index (χ1n) is 28.1. The third kappa shape index (κ3) is 8.07. The highest BCUT2D eigenvalue weighted by atomic mass is 15.2. The maximum absolute atomic E-state index is 2.64. The van der Waals surface area contributed by atoms with Crippen molar-refractivity contribution in [3.8, 4) is 55.6 Å². The normalized spacial score (nSPS) is 14.1. The van der Waals surface area contributed by atoms with Crippen molar-refractivity contribution in [2.45, 2.75) is 97.8 Å². The van der Waals surface area contributed by atoms with E-state index < -0.39 is 0 Å². The monoisotopic (exact) mass is 1010 g/mol. The lowest BCUT2D eigenvalue weighted by Gasteiger charge is -2.45. The minimum Gasteiger partial charge on any atom is -0.311 e. The van der Waals surface area contributed by atoms with Gasteiger partial charge in [0.1, 0.15) is 0 Å². The van der Waals surface area contributed by atoms with E-state index in [-0.39, 0.29) is 28.4 Å². The number of para-hydroxylation sites is 1. The number of benzene rings is 10. The minimum atomic E-state index is -0.177. The Morgan fingerprint density at radius 3 is 1.41 bits per heavy atom. The van der Waals surface area contributed by atoms with Crippen LogP contribution in [-0.2, 0) is 21.7 Å². The molecule has 0 saturated carbocycles. The topological polar surface area (TPSA) is 6.48 Å². The van der Waals surface area contributed by atoms with E-state index >= 15 is 0 Å². The van der Waals surface area contributed by atoms with E-state index in [1.807, 2.05) is 0 Å². The van der Waals surface area contributed by atoms with Crippen molar-refractivity contribution < 1.29 is 0 Å². The van der Waals surface area contributed by atoms with Gasteiger partial charge in [0.25, 0.3) is 6.71 Å². The summed E-state index contributed by atoms with van der Waals surface area (Å²) in [6.45, 7) is 25.9. The van der Waals surface area contributed by atoms with Gasteiger partial charge in [-0.3, -0.25) is 0 Å². The van der Waals surface area contributed by atoms with Gasteiger partial charge in [-0.2, -0.15) is 0 Å². The van der Waals surface area contributed by atoms with Crippen LogP contribution >= 0.6 is 0 Å². The fourth-order valence-corrected chi connectivity index (χ4v) is 13.0. The van der Waals surface area contributed by atoms with E-state index in [1.165, 1.54) is 128 Å². The highest BCUT2D eigenvalue weighted by molar-refractivity contribution is 7.00. The average Bonchev–Trinajstić information content (AvgIpc) is 2.72. The van der Waals surface area contributed by atoms with Gasteiger partial charge >= 0.3 is 0 Å². The van der Waals surface area contributed by atoms with Gasteiger partial charge in [0.05, 0.1) is 5.69 Å². The maximum Gasteiger partial charge on any atom is 0.252 e. The van der Waals surface area contributed by atoms with E-state index in [4.69, 9.17) is 0 Å². The first-order valence-corrected chi connectivity index (χ1v) is 28.1. The molecule has 2 aliphatic heterocycles. The Bertz CT molecular complexity index is 3960. The van der Waals surface area contributed by atoms with Crippen molar-refractivity contribution >= 4 is 57.2 Å². The first kappa shape index (κ1) is 49.4. The molecule has 0 atom stereocenters. The molecule has 1 aliphatic carbocycles. The Hall–Kier alpha value is -8.14. The highest BCUT2D eigenvalue weighted by Gasteiger charge is 2.45. The number of hydrogen-bond acceptors (Lipinski definition) is 2. The molecule has 0 amide bonds. The van der Waals surface area contributed by atoms with Gasteiger partial charge in [-0.1, -0.05) is 252 Å². The molecule has 0 fully saturated rings. The molecule has 0 bridgehead atoms. The van der Waals surface area contributed by atoms with Gasteiger partial charge in [-0.25, -0.2) is 0 Å². The number of rotatable bonds is 6. The molecule has 0 N–H and O–H groups in total. The molecule has 2 heterocycles. The summed E-state index contributed by atoms with van der Waals surface area (Å²) in [5.74, 6) is 0. The summed E-state index contributed by atoms with van der Waals surface area (Å²) in [6.07, 6.45) is 0. The van der Waals surface area contributed by atoms with Crippen molar-refractivity contribution in [1.29, 1.82) is 0 Å². The van der Waals surface area contributed by atoms with E-state index in [2.05, 4.69) is 304 Å². The number of nitrogens with zero attached hydrogens (tertiary/aromatic N) is 2. The standard InChI is InChI=1S/C75H69BN2/c1-72(2,3)54-41-53(42-55(45-54)73(4,5)6)58-27-19-21-32-65(58)78-67-39-35-51(49-25-16-13-17-26-49)43-63(67)76-64-44-52(59-29-22-30-61-60-28-18-20-31-62(60)75(10,11)70(59)61)36-40-66(64)77(68-46-56(74(7,8)9)47-69(78)71(68)76)57-37-33-50(34-38-57)48-23-14-12-15-24-48/h12-47H,1-11H3. The summed E-state index contributed by atoms with van der Waals surface area (Å²) in [5.41, 5.74) is 29.9. The van der Waals surface area contributed by atoms with E-state index in [0.717, 1.165) is 5.69 Å². The SMILES string of the molecule is CC(C)(C)c1cc(-c2ccccc2N2c3ccc(-c4ccccc4)cc3B3c4cc(-c5cccc6c5C(C)(C)c5ccccc5-6)ccc4N(c4ccc(-c5ccccc5)cc4)c4cc(C(C)(C)C)cc2c43)cc(C(C)(C)C)c1. The summed E-state index contributed by atoms with van der Waals surface area (Å²) in [4.78, 5) is 5.23. The van der Waals surface area contributed by atoms with Crippen LogP contribution in [0.3, 0.4) is 0 Å². The summed E-state index contributed by atoms with van der Waals surface area (Å²) < 4.78 is 0. The van der Waals surface area contributed by atoms with Gasteiger partial charge in [0.2, 0.25) is 0 Å². The van der Waals surface area contributed by atoms with Crippen molar-refractivity contribution in [2.24, 2.45) is 0 Å². The highest BCUT2D eigenvalue weighted by Crippen LogP contribution is 2.54. The number of hydrogen-bond donors (Lipinski definition) is 0. The second-order valence-electron chi connectivity index (χ2n) is 25.8. The van der Waals surface area contributed by atoms with Crippen LogP contribution in [0.15, 0.2) is 218 Å². The molecule has 382 valence electrons. The van der Waals surface area contributed by atoms with Crippen LogP contribution in [0.25, 0.3) is 55.6 Å². The zero-order chi connectivity index (χ0) is 54.0. The predicted molar refractivity (Wildman–Crippen MR) is 336 cm³/mol. The van der Waals surface area contributed by atoms with Crippen LogP contribution in [0.1, 0.15) is 104 Å². The second kappa shape index (κ2) is 18.0. The zero-order valence-electron chi connectivity index (χ0n) is 47.3. The zero-order valence-corrected chi connectivity index (χ0v) is 47.3. The first-order chi connectivity index (χ1) is 37.3. The van der Waals surface area contributed by atoms with Crippen LogP contribution in [-0.4, -0.2) is 6.71 Å². The van der Waals surface area contributed by atoms with Gasteiger partial charge in [-0.15, -0.1) is 0 Å². The quantitative estimate of drug-likeness (QED) is 0.153. The van der Waals surface area contributed by atoms with Gasteiger partial charge < -0.3 is 9.80 Å². The largest absolute Gasteiger partial charge is 0.311 e. The summed E-state index contributed by atoms with van der Waals surface area (Å²) in [5, 5.41) is 0. The third-order valence-electron chi connectivity index (χ3n) is 17.3. The molecule has 78 heavy (non-hydrogen) atoms. The van der Waals surface area contributed by atoms with Crippen molar-refractivity contribution in [1.82, 2.24) is 0 Å². The van der Waals surface area contributed by atoms with Gasteiger partial charge in [0, 0.05) is 39.4 Å².